The molecule has 1 fully saturated rings. The van der Waals surface area contributed by atoms with E-state index in [1.54, 1.807) is 6.92 Å². The Morgan fingerprint density at radius 3 is 2.81 bits per heavy atom. The van der Waals surface area contributed by atoms with Gasteiger partial charge in [0.1, 0.15) is 6.17 Å². The van der Waals surface area contributed by atoms with Gasteiger partial charge < -0.3 is 4.74 Å². The predicted molar refractivity (Wildman–Crippen MR) is 62.1 cm³/mol. The highest BCUT2D eigenvalue weighted by atomic mass is 19.1. The lowest BCUT2D eigenvalue weighted by Gasteiger charge is -2.26. The van der Waals surface area contributed by atoms with Gasteiger partial charge in [-0.25, -0.2) is 4.39 Å². The number of morpholine rings is 1. The van der Waals surface area contributed by atoms with Gasteiger partial charge >= 0.3 is 0 Å². The lowest BCUT2D eigenvalue weighted by molar-refractivity contribution is 0.0342. The van der Waals surface area contributed by atoms with Crippen LogP contribution in [0.3, 0.4) is 0 Å². The largest absolute Gasteiger partial charge is 0.379 e. The number of benzene rings is 1. The van der Waals surface area contributed by atoms with Gasteiger partial charge in [-0.2, -0.15) is 0 Å². The number of rotatable bonds is 3. The summed E-state index contributed by atoms with van der Waals surface area (Å²) in [5.74, 6) is 0. The van der Waals surface area contributed by atoms with Crippen LogP contribution in [-0.2, 0) is 11.3 Å². The monoisotopic (exact) mass is 223 g/mol. The average Bonchev–Trinajstić information content (AvgIpc) is 2.30. The molecule has 16 heavy (non-hydrogen) atoms. The Morgan fingerprint density at radius 1 is 1.38 bits per heavy atom. The third-order valence-corrected chi connectivity index (χ3v) is 2.92. The molecule has 1 unspecified atom stereocenters. The summed E-state index contributed by atoms with van der Waals surface area (Å²) in [6, 6.07) is 7.79. The molecule has 1 heterocycles. The number of hydrogen-bond acceptors (Lipinski definition) is 2. The maximum atomic E-state index is 13.2. The van der Waals surface area contributed by atoms with Crippen molar-refractivity contribution in [2.24, 2.45) is 0 Å². The molecule has 0 aliphatic carbocycles. The van der Waals surface area contributed by atoms with Crippen molar-refractivity contribution in [3.8, 4) is 0 Å². The second kappa shape index (κ2) is 5.41. The van der Waals surface area contributed by atoms with E-state index in [2.05, 4.69) is 11.0 Å². The highest BCUT2D eigenvalue weighted by Crippen LogP contribution is 2.18. The number of alkyl halides is 1. The quantitative estimate of drug-likeness (QED) is 0.780. The van der Waals surface area contributed by atoms with Crippen LogP contribution in [0.4, 0.5) is 4.39 Å². The second-order valence-corrected chi connectivity index (χ2v) is 4.25. The molecule has 0 spiro atoms. The van der Waals surface area contributed by atoms with Gasteiger partial charge in [0.2, 0.25) is 0 Å². The first-order valence-corrected chi connectivity index (χ1v) is 5.79. The van der Waals surface area contributed by atoms with Crippen molar-refractivity contribution >= 4 is 0 Å². The first kappa shape index (κ1) is 11.6. The van der Waals surface area contributed by atoms with E-state index in [0.717, 1.165) is 38.4 Å². The molecule has 1 aliphatic rings. The molecule has 0 radical (unpaired) electrons. The predicted octanol–water partition coefficient (Wildman–Crippen LogP) is 2.55. The summed E-state index contributed by atoms with van der Waals surface area (Å²) in [5.41, 5.74) is 1.95. The van der Waals surface area contributed by atoms with Crippen molar-refractivity contribution in [1.82, 2.24) is 4.90 Å². The Bertz CT molecular complexity index is 334. The van der Waals surface area contributed by atoms with E-state index in [0.29, 0.717) is 0 Å². The summed E-state index contributed by atoms with van der Waals surface area (Å²) in [6.45, 7) is 6.01. The first-order valence-electron chi connectivity index (χ1n) is 5.79. The summed E-state index contributed by atoms with van der Waals surface area (Å²) in [4.78, 5) is 2.34. The fraction of sp³-hybridized carbons (Fsp3) is 0.538. The highest BCUT2D eigenvalue weighted by molar-refractivity contribution is 5.24. The van der Waals surface area contributed by atoms with Crippen molar-refractivity contribution in [2.75, 3.05) is 26.3 Å². The van der Waals surface area contributed by atoms with E-state index in [4.69, 9.17) is 4.74 Å². The van der Waals surface area contributed by atoms with Gasteiger partial charge in [0.15, 0.2) is 0 Å². The summed E-state index contributed by atoms with van der Waals surface area (Å²) in [5, 5.41) is 0. The van der Waals surface area contributed by atoms with Crippen molar-refractivity contribution in [1.29, 1.82) is 0 Å². The molecule has 2 rings (SSSR count). The summed E-state index contributed by atoms with van der Waals surface area (Å²) in [7, 11) is 0. The first-order chi connectivity index (χ1) is 7.75. The molecule has 1 aromatic rings. The number of ether oxygens (including phenoxy) is 1. The third-order valence-electron chi connectivity index (χ3n) is 2.92. The molecule has 1 aliphatic heterocycles. The number of hydrogen-bond donors (Lipinski definition) is 0. The van der Waals surface area contributed by atoms with E-state index in [1.165, 1.54) is 5.56 Å². The Morgan fingerprint density at radius 2 is 2.12 bits per heavy atom. The Kier molecular flexibility index (Phi) is 3.91. The zero-order valence-corrected chi connectivity index (χ0v) is 9.66. The van der Waals surface area contributed by atoms with Crippen LogP contribution in [0.5, 0.6) is 0 Å². The highest BCUT2D eigenvalue weighted by Gasteiger charge is 2.11. The molecule has 0 bridgehead atoms. The van der Waals surface area contributed by atoms with Crippen molar-refractivity contribution in [3.63, 3.8) is 0 Å². The molecular weight excluding hydrogens is 205 g/mol. The van der Waals surface area contributed by atoms with Crippen LogP contribution in [0.2, 0.25) is 0 Å². The Balaban J connectivity index is 2.00. The zero-order chi connectivity index (χ0) is 11.4. The Labute approximate surface area is 96.0 Å². The van der Waals surface area contributed by atoms with Gasteiger partial charge in [0.25, 0.3) is 0 Å². The van der Waals surface area contributed by atoms with Gasteiger partial charge in [-0.1, -0.05) is 24.3 Å². The third kappa shape index (κ3) is 3.03. The maximum Gasteiger partial charge on any atom is 0.122 e. The van der Waals surface area contributed by atoms with E-state index in [9.17, 15) is 4.39 Å². The minimum Gasteiger partial charge on any atom is -0.379 e. The van der Waals surface area contributed by atoms with Crippen LogP contribution in [0.25, 0.3) is 0 Å². The van der Waals surface area contributed by atoms with Gasteiger partial charge in [0, 0.05) is 19.6 Å². The van der Waals surface area contributed by atoms with Crippen molar-refractivity contribution < 1.29 is 9.13 Å². The number of halogens is 1. The summed E-state index contributed by atoms with van der Waals surface area (Å²) < 4.78 is 18.5. The van der Waals surface area contributed by atoms with Crippen molar-refractivity contribution in [3.05, 3.63) is 35.4 Å². The second-order valence-electron chi connectivity index (χ2n) is 4.25. The fourth-order valence-corrected chi connectivity index (χ4v) is 1.96. The minimum absolute atomic E-state index is 0.769. The molecule has 3 heteroatoms. The molecule has 0 aromatic heterocycles. The normalized spacial score (nSPS) is 19.6. The van der Waals surface area contributed by atoms with Gasteiger partial charge in [-0.05, 0) is 18.1 Å². The molecule has 1 aromatic carbocycles. The van der Waals surface area contributed by atoms with E-state index in [-0.39, 0.29) is 0 Å². The minimum atomic E-state index is -0.885. The molecule has 88 valence electrons. The fourth-order valence-electron chi connectivity index (χ4n) is 1.96. The lowest BCUT2D eigenvalue weighted by atomic mass is 10.1. The standard InChI is InChI=1S/C13H18FNO/c1-11(14)13-4-2-3-12(9-13)10-15-5-7-16-8-6-15/h2-4,9,11H,5-8,10H2,1H3. The van der Waals surface area contributed by atoms with Gasteiger partial charge in [-0.3, -0.25) is 4.90 Å². The van der Waals surface area contributed by atoms with Crippen LogP contribution < -0.4 is 0 Å². The average molecular weight is 223 g/mol. The van der Waals surface area contributed by atoms with E-state index in [1.807, 2.05) is 18.2 Å². The smallest absolute Gasteiger partial charge is 0.122 e. The Hall–Kier alpha value is -0.930. The molecule has 1 saturated heterocycles. The van der Waals surface area contributed by atoms with Crippen molar-refractivity contribution in [2.45, 2.75) is 19.6 Å². The van der Waals surface area contributed by atoms with Crippen LogP contribution >= 0.6 is 0 Å². The molecule has 1 atom stereocenters. The van der Waals surface area contributed by atoms with Crippen LogP contribution in [0.15, 0.2) is 24.3 Å². The summed E-state index contributed by atoms with van der Waals surface area (Å²) in [6.07, 6.45) is -0.885. The van der Waals surface area contributed by atoms with Crippen LogP contribution in [0.1, 0.15) is 24.2 Å². The lowest BCUT2D eigenvalue weighted by Crippen LogP contribution is -2.35. The zero-order valence-electron chi connectivity index (χ0n) is 9.66. The molecule has 0 N–H and O–H groups in total. The van der Waals surface area contributed by atoms with Crippen LogP contribution in [-0.4, -0.2) is 31.2 Å². The van der Waals surface area contributed by atoms with E-state index >= 15 is 0 Å². The molecular formula is C13H18FNO. The molecule has 0 amide bonds. The van der Waals surface area contributed by atoms with Gasteiger partial charge in [-0.15, -0.1) is 0 Å². The van der Waals surface area contributed by atoms with Crippen LogP contribution in [0, 0.1) is 0 Å². The molecule has 2 nitrogen and oxygen atoms in total. The molecule has 0 saturated carbocycles. The van der Waals surface area contributed by atoms with E-state index < -0.39 is 6.17 Å². The topological polar surface area (TPSA) is 12.5 Å². The number of nitrogens with zero attached hydrogens (tertiary/aromatic N) is 1. The maximum absolute atomic E-state index is 13.2. The summed E-state index contributed by atoms with van der Waals surface area (Å²) >= 11 is 0. The van der Waals surface area contributed by atoms with Gasteiger partial charge in [0.05, 0.1) is 13.2 Å². The SMILES string of the molecule is CC(F)c1cccc(CN2CCOCC2)c1.